The van der Waals surface area contributed by atoms with Crippen LogP contribution in [0, 0.1) is 0 Å². The van der Waals surface area contributed by atoms with E-state index < -0.39 is 10.0 Å². The zero-order valence-corrected chi connectivity index (χ0v) is 17.9. The van der Waals surface area contributed by atoms with Gasteiger partial charge in [0.1, 0.15) is 0 Å². The van der Waals surface area contributed by atoms with E-state index in [0.29, 0.717) is 23.7 Å². The average Bonchev–Trinajstić information content (AvgIpc) is 2.66. The van der Waals surface area contributed by atoms with Crippen molar-refractivity contribution in [3.63, 3.8) is 0 Å². The Kier molecular flexibility index (Phi) is 8.00. The summed E-state index contributed by atoms with van der Waals surface area (Å²) in [4.78, 5) is 14.3. The molecule has 0 aliphatic heterocycles. The van der Waals surface area contributed by atoms with Crippen LogP contribution in [0.15, 0.2) is 53.4 Å². The van der Waals surface area contributed by atoms with E-state index in [-0.39, 0.29) is 17.3 Å². The maximum absolute atomic E-state index is 12.8. The van der Waals surface area contributed by atoms with Crippen molar-refractivity contribution in [3.8, 4) is 0 Å². The lowest BCUT2D eigenvalue weighted by Crippen LogP contribution is -2.31. The third-order valence-corrected chi connectivity index (χ3v) is 6.41. The average molecular weight is 424 g/mol. The molecule has 28 heavy (non-hydrogen) atoms. The minimum atomic E-state index is -3.62. The third-order valence-electron chi connectivity index (χ3n) is 4.22. The molecule has 0 saturated carbocycles. The first-order chi connectivity index (χ1) is 13.2. The van der Waals surface area contributed by atoms with Crippen LogP contribution in [-0.2, 0) is 16.6 Å². The van der Waals surface area contributed by atoms with Gasteiger partial charge in [0.05, 0.1) is 4.90 Å². The topological polar surface area (TPSA) is 69.7 Å². The van der Waals surface area contributed by atoms with Gasteiger partial charge in [0.25, 0.3) is 5.91 Å². The number of nitrogens with one attached hydrogen (secondary N) is 1. The highest BCUT2D eigenvalue weighted by Crippen LogP contribution is 2.20. The van der Waals surface area contributed by atoms with Crippen molar-refractivity contribution in [2.75, 3.05) is 33.7 Å². The second-order valence-corrected chi connectivity index (χ2v) is 9.02. The van der Waals surface area contributed by atoms with E-state index in [0.717, 1.165) is 12.1 Å². The molecule has 2 aromatic carbocycles. The van der Waals surface area contributed by atoms with Gasteiger partial charge in [0.15, 0.2) is 0 Å². The Morgan fingerprint density at radius 3 is 2.18 bits per heavy atom. The van der Waals surface area contributed by atoms with Gasteiger partial charge in [-0.2, -0.15) is 4.31 Å². The summed E-state index contributed by atoms with van der Waals surface area (Å²) < 4.78 is 27.1. The van der Waals surface area contributed by atoms with Crippen LogP contribution in [0.1, 0.15) is 22.8 Å². The second kappa shape index (κ2) is 10.0. The van der Waals surface area contributed by atoms with Gasteiger partial charge in [-0.05, 0) is 56.1 Å². The lowest BCUT2D eigenvalue weighted by atomic mass is 10.1. The number of rotatable bonds is 9. The molecule has 0 radical (unpaired) electrons. The minimum absolute atomic E-state index is 0.144. The van der Waals surface area contributed by atoms with Crippen LogP contribution in [0.4, 0.5) is 0 Å². The number of carbonyl (C=O) groups is 1. The van der Waals surface area contributed by atoms with Crippen molar-refractivity contribution in [3.05, 3.63) is 64.7 Å². The van der Waals surface area contributed by atoms with E-state index >= 15 is 0 Å². The number of hydrogen-bond acceptors (Lipinski definition) is 4. The van der Waals surface area contributed by atoms with Crippen molar-refractivity contribution in [1.29, 1.82) is 0 Å². The van der Waals surface area contributed by atoms with Crippen LogP contribution >= 0.6 is 11.6 Å². The predicted molar refractivity (Wildman–Crippen MR) is 112 cm³/mol. The molecule has 0 fully saturated rings. The molecule has 152 valence electrons. The molecule has 0 spiro atoms. The van der Waals surface area contributed by atoms with Gasteiger partial charge in [-0.15, -0.1) is 0 Å². The molecule has 2 rings (SSSR count). The van der Waals surface area contributed by atoms with Gasteiger partial charge in [0, 0.05) is 36.8 Å². The van der Waals surface area contributed by atoms with E-state index in [4.69, 9.17) is 11.6 Å². The summed E-state index contributed by atoms with van der Waals surface area (Å²) in [6.45, 7) is 3.68. The maximum atomic E-state index is 12.8. The Balaban J connectivity index is 2.06. The molecule has 0 atom stereocenters. The van der Waals surface area contributed by atoms with Crippen molar-refractivity contribution >= 4 is 27.5 Å². The molecular formula is C20H26ClN3O3S. The highest BCUT2D eigenvalue weighted by molar-refractivity contribution is 7.89. The lowest BCUT2D eigenvalue weighted by molar-refractivity contribution is 0.0951. The first-order valence-electron chi connectivity index (χ1n) is 9.01. The number of amides is 1. The van der Waals surface area contributed by atoms with E-state index in [2.05, 4.69) is 5.32 Å². The highest BCUT2D eigenvalue weighted by Gasteiger charge is 2.23. The van der Waals surface area contributed by atoms with Crippen molar-refractivity contribution in [2.45, 2.75) is 18.4 Å². The van der Waals surface area contributed by atoms with E-state index in [1.807, 2.05) is 19.0 Å². The van der Waals surface area contributed by atoms with Gasteiger partial charge >= 0.3 is 0 Å². The molecular weight excluding hydrogens is 398 g/mol. The smallest absolute Gasteiger partial charge is 0.251 e. The molecule has 0 aliphatic rings. The molecule has 2 aromatic rings. The first kappa shape index (κ1) is 22.4. The van der Waals surface area contributed by atoms with E-state index in [1.165, 1.54) is 16.4 Å². The van der Waals surface area contributed by atoms with Crippen molar-refractivity contribution < 1.29 is 13.2 Å². The predicted octanol–water partition coefficient (Wildman–Crippen LogP) is 2.84. The number of benzene rings is 2. The quantitative estimate of drug-likeness (QED) is 0.673. The van der Waals surface area contributed by atoms with Gasteiger partial charge in [-0.1, -0.05) is 30.7 Å². The summed E-state index contributed by atoms with van der Waals surface area (Å²) in [5.74, 6) is -0.144. The van der Waals surface area contributed by atoms with Crippen LogP contribution in [0.2, 0.25) is 5.02 Å². The molecule has 0 aliphatic carbocycles. The molecule has 0 bridgehead atoms. The molecule has 0 heterocycles. The van der Waals surface area contributed by atoms with Crippen LogP contribution in [0.5, 0.6) is 0 Å². The van der Waals surface area contributed by atoms with Crippen LogP contribution < -0.4 is 5.32 Å². The normalized spacial score (nSPS) is 11.8. The zero-order chi connectivity index (χ0) is 20.7. The maximum Gasteiger partial charge on any atom is 0.251 e. The molecule has 8 heteroatoms. The summed E-state index contributed by atoms with van der Waals surface area (Å²) in [6, 6.07) is 13.1. The summed E-state index contributed by atoms with van der Waals surface area (Å²) in [5, 5.41) is 3.34. The number of halogens is 1. The van der Waals surface area contributed by atoms with Gasteiger partial charge in [-0.3, -0.25) is 4.79 Å². The fraction of sp³-hybridized carbons (Fsp3) is 0.350. The number of nitrogens with zero attached hydrogens (tertiary/aromatic N) is 2. The minimum Gasteiger partial charge on any atom is -0.351 e. The lowest BCUT2D eigenvalue weighted by Gasteiger charge is -2.21. The number of carbonyl (C=O) groups excluding carboxylic acids is 1. The monoisotopic (exact) mass is 423 g/mol. The van der Waals surface area contributed by atoms with Crippen LogP contribution in [0.3, 0.4) is 0 Å². The Labute approximate surface area is 172 Å². The Hall–Kier alpha value is -1.93. The SMILES string of the molecule is CCN(Cc1ccc(C(=O)NCCN(C)C)cc1)S(=O)(=O)c1ccc(Cl)cc1. The van der Waals surface area contributed by atoms with Crippen LogP contribution in [0.25, 0.3) is 0 Å². The van der Waals surface area contributed by atoms with Crippen molar-refractivity contribution in [1.82, 2.24) is 14.5 Å². The number of likely N-dealkylation sites (N-methyl/N-ethyl adjacent to an activating group) is 1. The van der Waals surface area contributed by atoms with Crippen molar-refractivity contribution in [2.24, 2.45) is 0 Å². The molecule has 6 nitrogen and oxygen atoms in total. The molecule has 0 unspecified atom stereocenters. The number of sulfonamides is 1. The molecule has 1 amide bonds. The standard InChI is InChI=1S/C20H26ClN3O3S/c1-4-24(28(26,27)19-11-9-18(21)10-12-19)15-16-5-7-17(8-6-16)20(25)22-13-14-23(2)3/h5-12H,4,13-15H2,1-3H3,(H,22,25). The fourth-order valence-corrected chi connectivity index (χ4v) is 4.15. The summed E-state index contributed by atoms with van der Waals surface area (Å²) >= 11 is 5.85. The Morgan fingerprint density at radius 2 is 1.64 bits per heavy atom. The largest absolute Gasteiger partial charge is 0.351 e. The summed E-state index contributed by atoms with van der Waals surface area (Å²) in [6.07, 6.45) is 0. The Morgan fingerprint density at radius 1 is 1.04 bits per heavy atom. The van der Waals surface area contributed by atoms with Gasteiger partial charge in [-0.25, -0.2) is 8.42 Å². The summed E-state index contributed by atoms with van der Waals surface area (Å²) in [5.41, 5.74) is 1.36. The third kappa shape index (κ3) is 6.04. The Bertz CT molecular complexity index is 882. The second-order valence-electron chi connectivity index (χ2n) is 6.64. The molecule has 1 N–H and O–H groups in total. The molecule has 0 saturated heterocycles. The molecule has 0 aromatic heterocycles. The van der Waals surface area contributed by atoms with Crippen LogP contribution in [-0.4, -0.2) is 57.3 Å². The number of hydrogen-bond donors (Lipinski definition) is 1. The van der Waals surface area contributed by atoms with Gasteiger partial charge < -0.3 is 10.2 Å². The van der Waals surface area contributed by atoms with Gasteiger partial charge in [0.2, 0.25) is 10.0 Å². The van der Waals surface area contributed by atoms with E-state index in [1.54, 1.807) is 43.3 Å². The highest BCUT2D eigenvalue weighted by atomic mass is 35.5. The summed E-state index contributed by atoms with van der Waals surface area (Å²) in [7, 11) is 0.264. The van der Waals surface area contributed by atoms with E-state index in [9.17, 15) is 13.2 Å². The fourth-order valence-electron chi connectivity index (χ4n) is 2.58. The first-order valence-corrected chi connectivity index (χ1v) is 10.8. The zero-order valence-electron chi connectivity index (χ0n) is 16.4.